The van der Waals surface area contributed by atoms with Crippen molar-refractivity contribution in [1.82, 2.24) is 15.5 Å². The molecule has 0 spiro atoms. The van der Waals surface area contributed by atoms with E-state index in [2.05, 4.69) is 10.6 Å². The zero-order valence-electron chi connectivity index (χ0n) is 11.7. The van der Waals surface area contributed by atoms with Crippen LogP contribution in [0.15, 0.2) is 0 Å². The quantitative estimate of drug-likeness (QED) is 0.604. The van der Waals surface area contributed by atoms with Gasteiger partial charge < -0.3 is 20.6 Å². The molecule has 0 saturated carbocycles. The number of carboxylic acid groups (broad SMARTS) is 1. The van der Waals surface area contributed by atoms with E-state index in [4.69, 9.17) is 5.11 Å². The third-order valence-corrected chi connectivity index (χ3v) is 2.47. The van der Waals surface area contributed by atoms with Gasteiger partial charge in [0, 0.05) is 12.6 Å². The van der Waals surface area contributed by atoms with Gasteiger partial charge in [-0.25, -0.2) is 9.59 Å². The van der Waals surface area contributed by atoms with Crippen molar-refractivity contribution >= 4 is 12.0 Å². The molecule has 0 aromatic heterocycles. The number of hydrogen-bond acceptors (Lipinski definition) is 3. The summed E-state index contributed by atoms with van der Waals surface area (Å²) in [5.41, 5.74) is 0. The van der Waals surface area contributed by atoms with Gasteiger partial charge in [0.1, 0.15) is 6.04 Å². The van der Waals surface area contributed by atoms with Crippen LogP contribution in [0.1, 0.15) is 33.1 Å². The fourth-order valence-corrected chi connectivity index (χ4v) is 1.68. The van der Waals surface area contributed by atoms with Crippen molar-refractivity contribution < 1.29 is 14.7 Å². The van der Waals surface area contributed by atoms with E-state index in [-0.39, 0.29) is 6.04 Å². The number of rotatable bonds is 8. The molecule has 0 aromatic carbocycles. The summed E-state index contributed by atoms with van der Waals surface area (Å²) in [7, 11) is 3.83. The average molecular weight is 259 g/mol. The molecule has 0 heterocycles. The second-order valence-corrected chi connectivity index (χ2v) is 4.81. The zero-order valence-corrected chi connectivity index (χ0v) is 11.7. The van der Waals surface area contributed by atoms with Gasteiger partial charge in [0.15, 0.2) is 0 Å². The number of urea groups is 1. The van der Waals surface area contributed by atoms with Crippen molar-refractivity contribution in [1.29, 1.82) is 0 Å². The average Bonchev–Trinajstić information content (AvgIpc) is 2.22. The molecule has 18 heavy (non-hydrogen) atoms. The van der Waals surface area contributed by atoms with Crippen LogP contribution in [-0.2, 0) is 4.79 Å². The SMILES string of the molecule is CCCCC(NC(=O)NC(C)CN(C)C)C(=O)O. The number of carbonyl (C=O) groups is 2. The molecule has 0 aliphatic rings. The van der Waals surface area contributed by atoms with Gasteiger partial charge in [-0.1, -0.05) is 19.8 Å². The van der Waals surface area contributed by atoms with E-state index in [1.807, 2.05) is 32.8 Å². The summed E-state index contributed by atoms with van der Waals surface area (Å²) >= 11 is 0. The Kier molecular flexibility index (Phi) is 8.11. The van der Waals surface area contributed by atoms with Gasteiger partial charge in [0.2, 0.25) is 0 Å². The Hall–Kier alpha value is -1.30. The lowest BCUT2D eigenvalue weighted by molar-refractivity contribution is -0.139. The first-order valence-electron chi connectivity index (χ1n) is 6.31. The van der Waals surface area contributed by atoms with Gasteiger partial charge in [-0.3, -0.25) is 0 Å². The third kappa shape index (κ3) is 7.89. The maximum absolute atomic E-state index is 11.6. The largest absolute Gasteiger partial charge is 0.480 e. The number of amides is 2. The van der Waals surface area contributed by atoms with E-state index in [1.165, 1.54) is 0 Å². The first-order chi connectivity index (χ1) is 8.36. The molecule has 0 rings (SSSR count). The minimum atomic E-state index is -0.987. The predicted octanol–water partition coefficient (Wildman–Crippen LogP) is 0.879. The molecular weight excluding hydrogens is 234 g/mol. The van der Waals surface area contributed by atoms with Crippen molar-refractivity contribution in [2.75, 3.05) is 20.6 Å². The van der Waals surface area contributed by atoms with E-state index >= 15 is 0 Å². The van der Waals surface area contributed by atoms with E-state index in [1.54, 1.807) is 0 Å². The first-order valence-corrected chi connectivity index (χ1v) is 6.31. The van der Waals surface area contributed by atoms with Crippen molar-refractivity contribution in [2.45, 2.75) is 45.2 Å². The number of hydrogen-bond donors (Lipinski definition) is 3. The zero-order chi connectivity index (χ0) is 14.1. The summed E-state index contributed by atoms with van der Waals surface area (Å²) in [6.45, 7) is 4.57. The molecule has 0 bridgehead atoms. The molecule has 106 valence electrons. The standard InChI is InChI=1S/C12H25N3O3/c1-5-6-7-10(11(16)17)14-12(18)13-9(2)8-15(3)4/h9-10H,5-8H2,1-4H3,(H,16,17)(H2,13,14,18). The maximum Gasteiger partial charge on any atom is 0.326 e. The summed E-state index contributed by atoms with van der Waals surface area (Å²) in [6, 6.07) is -1.26. The number of nitrogens with one attached hydrogen (secondary N) is 2. The van der Waals surface area contributed by atoms with Crippen LogP contribution in [0.3, 0.4) is 0 Å². The number of likely N-dealkylation sites (N-methyl/N-ethyl adjacent to an activating group) is 1. The number of aliphatic carboxylic acids is 1. The monoisotopic (exact) mass is 259 g/mol. The molecule has 0 aromatic rings. The first kappa shape index (κ1) is 16.7. The molecule has 0 saturated heterocycles. The lowest BCUT2D eigenvalue weighted by Gasteiger charge is -2.20. The van der Waals surface area contributed by atoms with Gasteiger partial charge in [-0.05, 0) is 27.4 Å². The van der Waals surface area contributed by atoms with E-state index < -0.39 is 18.0 Å². The molecular formula is C12H25N3O3. The van der Waals surface area contributed by atoms with E-state index in [9.17, 15) is 9.59 Å². The molecule has 2 unspecified atom stereocenters. The van der Waals surface area contributed by atoms with E-state index in [0.717, 1.165) is 12.8 Å². The molecule has 0 aliphatic carbocycles. The van der Waals surface area contributed by atoms with Crippen LogP contribution in [0.5, 0.6) is 0 Å². The molecule has 0 aliphatic heterocycles. The highest BCUT2D eigenvalue weighted by molar-refractivity contribution is 5.82. The molecule has 6 heteroatoms. The van der Waals surface area contributed by atoms with Gasteiger partial charge >= 0.3 is 12.0 Å². The molecule has 2 amide bonds. The fraction of sp³-hybridized carbons (Fsp3) is 0.833. The van der Waals surface area contributed by atoms with Gasteiger partial charge in [-0.2, -0.15) is 0 Å². The van der Waals surface area contributed by atoms with Crippen molar-refractivity contribution in [3.63, 3.8) is 0 Å². The van der Waals surface area contributed by atoms with Gasteiger partial charge in [-0.15, -0.1) is 0 Å². The number of carboxylic acids is 1. The fourth-order valence-electron chi connectivity index (χ4n) is 1.68. The lowest BCUT2D eigenvalue weighted by Crippen LogP contribution is -2.50. The molecule has 3 N–H and O–H groups in total. The van der Waals surface area contributed by atoms with Crippen molar-refractivity contribution in [2.24, 2.45) is 0 Å². The lowest BCUT2D eigenvalue weighted by atomic mass is 10.1. The normalized spacial score (nSPS) is 14.1. The Labute approximate surface area is 109 Å². The summed E-state index contributed by atoms with van der Waals surface area (Å²) in [5.74, 6) is -0.987. The minimum absolute atomic E-state index is 0.0272. The Balaban J connectivity index is 4.12. The second kappa shape index (κ2) is 8.74. The van der Waals surface area contributed by atoms with E-state index in [0.29, 0.717) is 13.0 Å². The number of nitrogens with zero attached hydrogens (tertiary/aromatic N) is 1. The highest BCUT2D eigenvalue weighted by Crippen LogP contribution is 2.00. The molecule has 6 nitrogen and oxygen atoms in total. The van der Waals surface area contributed by atoms with Crippen molar-refractivity contribution in [3.8, 4) is 0 Å². The van der Waals surface area contributed by atoms with Crippen LogP contribution < -0.4 is 10.6 Å². The highest BCUT2D eigenvalue weighted by atomic mass is 16.4. The van der Waals surface area contributed by atoms with Crippen LogP contribution in [0, 0.1) is 0 Å². The minimum Gasteiger partial charge on any atom is -0.480 e. The Morgan fingerprint density at radius 1 is 1.28 bits per heavy atom. The summed E-state index contributed by atoms with van der Waals surface area (Å²) in [6.07, 6.45) is 2.15. The summed E-state index contributed by atoms with van der Waals surface area (Å²) in [5, 5.41) is 14.2. The predicted molar refractivity (Wildman–Crippen MR) is 70.6 cm³/mol. The van der Waals surface area contributed by atoms with Crippen LogP contribution in [0.2, 0.25) is 0 Å². The second-order valence-electron chi connectivity index (χ2n) is 4.81. The Bertz CT molecular complexity index is 269. The van der Waals surface area contributed by atoms with Crippen LogP contribution in [0.25, 0.3) is 0 Å². The third-order valence-electron chi connectivity index (χ3n) is 2.47. The number of unbranched alkanes of at least 4 members (excludes halogenated alkanes) is 1. The van der Waals surface area contributed by atoms with Crippen LogP contribution in [0.4, 0.5) is 4.79 Å². The molecule has 0 radical (unpaired) electrons. The highest BCUT2D eigenvalue weighted by Gasteiger charge is 2.19. The Morgan fingerprint density at radius 3 is 2.33 bits per heavy atom. The van der Waals surface area contributed by atoms with Crippen molar-refractivity contribution in [3.05, 3.63) is 0 Å². The Morgan fingerprint density at radius 2 is 1.89 bits per heavy atom. The van der Waals surface area contributed by atoms with Gasteiger partial charge in [0.05, 0.1) is 0 Å². The molecule has 2 atom stereocenters. The topological polar surface area (TPSA) is 81.7 Å². The van der Waals surface area contributed by atoms with Crippen LogP contribution in [-0.4, -0.2) is 54.7 Å². The smallest absolute Gasteiger partial charge is 0.326 e. The number of carbonyl (C=O) groups excluding carboxylic acids is 1. The maximum atomic E-state index is 11.6. The van der Waals surface area contributed by atoms with Gasteiger partial charge in [0.25, 0.3) is 0 Å². The molecule has 0 fully saturated rings. The summed E-state index contributed by atoms with van der Waals surface area (Å²) in [4.78, 5) is 24.5. The summed E-state index contributed by atoms with van der Waals surface area (Å²) < 4.78 is 0. The van der Waals surface area contributed by atoms with Crippen LogP contribution >= 0.6 is 0 Å².